The molecular weight excluding hydrogens is 294 g/mol. The zero-order chi connectivity index (χ0) is 14.5. The number of aliphatic carboxylic acids is 1. The number of carbonyl (C=O) groups is 1. The molecule has 1 saturated carbocycles. The van der Waals surface area contributed by atoms with Crippen LogP contribution < -0.4 is 0 Å². The number of thioether (sulfide) groups is 1. The van der Waals surface area contributed by atoms with Gasteiger partial charge >= 0.3 is 5.97 Å². The maximum absolute atomic E-state index is 11.4. The first-order valence-electron chi connectivity index (χ1n) is 7.11. The fourth-order valence-corrected chi connectivity index (χ4v) is 4.53. The van der Waals surface area contributed by atoms with Gasteiger partial charge in [-0.25, -0.2) is 4.98 Å². The summed E-state index contributed by atoms with van der Waals surface area (Å²) in [4.78, 5) is 15.7. The average Bonchev–Trinajstić information content (AvgIpc) is 2.42. The molecule has 0 radical (unpaired) electrons. The number of carboxylic acids is 1. The fourth-order valence-electron chi connectivity index (χ4n) is 2.90. The van der Waals surface area contributed by atoms with Crippen LogP contribution in [0.2, 0.25) is 5.02 Å². The Hall–Kier alpha value is -0.740. The molecule has 20 heavy (non-hydrogen) atoms. The predicted molar refractivity (Wildman–Crippen MR) is 82.3 cm³/mol. The van der Waals surface area contributed by atoms with Gasteiger partial charge in [0.1, 0.15) is 5.03 Å². The molecular formula is C15H20ClNO2S. The van der Waals surface area contributed by atoms with Crippen molar-refractivity contribution in [2.45, 2.75) is 49.3 Å². The van der Waals surface area contributed by atoms with Crippen LogP contribution in [0.3, 0.4) is 0 Å². The van der Waals surface area contributed by atoms with Gasteiger partial charge in [-0.05, 0) is 37.3 Å². The Morgan fingerprint density at radius 3 is 3.00 bits per heavy atom. The van der Waals surface area contributed by atoms with Crippen LogP contribution in [0.1, 0.15) is 39.0 Å². The molecule has 0 bridgehead atoms. The van der Waals surface area contributed by atoms with Crippen molar-refractivity contribution in [1.29, 1.82) is 0 Å². The summed E-state index contributed by atoms with van der Waals surface area (Å²) < 4.78 is 0. The molecule has 0 aromatic carbocycles. The lowest BCUT2D eigenvalue weighted by Gasteiger charge is -2.33. The zero-order valence-corrected chi connectivity index (χ0v) is 13.2. The van der Waals surface area contributed by atoms with Crippen LogP contribution in [0, 0.1) is 11.8 Å². The number of carboxylic acid groups (broad SMARTS) is 1. The van der Waals surface area contributed by atoms with Gasteiger partial charge in [0.2, 0.25) is 0 Å². The van der Waals surface area contributed by atoms with Crippen LogP contribution >= 0.6 is 23.4 Å². The van der Waals surface area contributed by atoms with Gasteiger partial charge in [0.05, 0.1) is 10.9 Å². The molecule has 3 nitrogen and oxygen atoms in total. The second-order valence-corrected chi connectivity index (χ2v) is 6.99. The van der Waals surface area contributed by atoms with E-state index in [0.29, 0.717) is 10.9 Å². The Labute approximate surface area is 129 Å². The van der Waals surface area contributed by atoms with Crippen molar-refractivity contribution in [3.8, 4) is 0 Å². The van der Waals surface area contributed by atoms with Crippen LogP contribution in [0.15, 0.2) is 23.4 Å². The van der Waals surface area contributed by atoms with Crippen molar-refractivity contribution in [2.24, 2.45) is 11.8 Å². The zero-order valence-electron chi connectivity index (χ0n) is 11.6. The molecule has 3 unspecified atom stereocenters. The highest BCUT2D eigenvalue weighted by Crippen LogP contribution is 2.42. The lowest BCUT2D eigenvalue weighted by molar-refractivity contribution is -0.142. The van der Waals surface area contributed by atoms with Gasteiger partial charge in [-0.1, -0.05) is 31.4 Å². The Kier molecular flexibility index (Phi) is 5.73. The van der Waals surface area contributed by atoms with Crippen molar-refractivity contribution in [3.63, 3.8) is 0 Å². The minimum Gasteiger partial charge on any atom is -0.481 e. The van der Waals surface area contributed by atoms with Crippen LogP contribution in [-0.2, 0) is 4.79 Å². The molecule has 3 atom stereocenters. The Morgan fingerprint density at radius 2 is 2.35 bits per heavy atom. The largest absolute Gasteiger partial charge is 0.481 e. The van der Waals surface area contributed by atoms with Crippen molar-refractivity contribution < 1.29 is 9.90 Å². The smallest absolute Gasteiger partial charge is 0.307 e. The summed E-state index contributed by atoms with van der Waals surface area (Å²) in [5.74, 6) is -0.341. The van der Waals surface area contributed by atoms with Crippen LogP contribution in [-0.4, -0.2) is 21.3 Å². The van der Waals surface area contributed by atoms with Crippen LogP contribution in [0.5, 0.6) is 0 Å². The first kappa shape index (κ1) is 15.6. The maximum Gasteiger partial charge on any atom is 0.307 e. The van der Waals surface area contributed by atoms with Crippen LogP contribution in [0.25, 0.3) is 0 Å². The third-order valence-electron chi connectivity index (χ3n) is 3.90. The number of hydrogen-bond donors (Lipinski definition) is 1. The average molecular weight is 314 g/mol. The first-order chi connectivity index (χ1) is 9.61. The predicted octanol–water partition coefficient (Wildman–Crippen LogP) is 4.50. The van der Waals surface area contributed by atoms with Gasteiger partial charge in [-0.3, -0.25) is 4.79 Å². The number of nitrogens with zero attached hydrogens (tertiary/aromatic N) is 1. The summed E-state index contributed by atoms with van der Waals surface area (Å²) in [7, 11) is 0. The van der Waals surface area contributed by atoms with E-state index in [1.54, 1.807) is 18.3 Å². The third-order valence-corrected chi connectivity index (χ3v) is 5.69. The summed E-state index contributed by atoms with van der Waals surface area (Å²) in [6, 6.07) is 3.60. The van der Waals surface area contributed by atoms with E-state index < -0.39 is 5.97 Å². The van der Waals surface area contributed by atoms with E-state index in [9.17, 15) is 9.90 Å². The summed E-state index contributed by atoms with van der Waals surface area (Å²) >= 11 is 7.67. The standard InChI is InChI=1S/C15H20ClNO2S/c1-2-4-10-6-7-11(15(18)19)13(9-10)20-14-12(16)5-3-8-17-14/h3,5,8,10-11,13H,2,4,6-7,9H2,1H3,(H,18,19). The molecule has 5 heteroatoms. The number of rotatable bonds is 5. The third kappa shape index (κ3) is 3.89. The molecule has 0 saturated heterocycles. The molecule has 0 spiro atoms. The van der Waals surface area contributed by atoms with Crippen molar-refractivity contribution in [1.82, 2.24) is 4.98 Å². The van der Waals surface area contributed by atoms with E-state index in [4.69, 9.17) is 11.6 Å². The van der Waals surface area contributed by atoms with Crippen molar-refractivity contribution in [2.75, 3.05) is 0 Å². The molecule has 1 aliphatic rings. The summed E-state index contributed by atoms with van der Waals surface area (Å²) in [5.41, 5.74) is 0. The van der Waals surface area contributed by atoms with Crippen molar-refractivity contribution >= 4 is 29.3 Å². The van der Waals surface area contributed by atoms with Crippen LogP contribution in [0.4, 0.5) is 0 Å². The number of pyridine rings is 1. The fraction of sp³-hybridized carbons (Fsp3) is 0.600. The molecule has 1 fully saturated rings. The Balaban J connectivity index is 2.11. The maximum atomic E-state index is 11.4. The molecule has 2 rings (SSSR count). The molecule has 0 aliphatic heterocycles. The molecule has 110 valence electrons. The number of aromatic nitrogens is 1. The quantitative estimate of drug-likeness (QED) is 0.869. The van der Waals surface area contributed by atoms with E-state index in [0.717, 1.165) is 30.7 Å². The van der Waals surface area contributed by atoms with E-state index in [2.05, 4.69) is 11.9 Å². The minimum atomic E-state index is -0.690. The molecule has 1 aromatic heterocycles. The van der Waals surface area contributed by atoms with Gasteiger partial charge in [-0.2, -0.15) is 0 Å². The van der Waals surface area contributed by atoms with Gasteiger partial charge in [-0.15, -0.1) is 11.8 Å². The molecule has 1 heterocycles. The molecule has 1 N–H and O–H groups in total. The topological polar surface area (TPSA) is 50.2 Å². The van der Waals surface area contributed by atoms with Gasteiger partial charge in [0.25, 0.3) is 0 Å². The lowest BCUT2D eigenvalue weighted by atomic mass is 9.80. The molecule has 1 aliphatic carbocycles. The summed E-state index contributed by atoms with van der Waals surface area (Å²) in [5, 5.41) is 10.8. The summed E-state index contributed by atoms with van der Waals surface area (Å²) in [6.07, 6.45) is 6.78. The Bertz CT molecular complexity index is 469. The summed E-state index contributed by atoms with van der Waals surface area (Å²) in [6.45, 7) is 2.18. The number of halogens is 1. The second-order valence-electron chi connectivity index (χ2n) is 5.36. The lowest BCUT2D eigenvalue weighted by Crippen LogP contribution is -2.32. The van der Waals surface area contributed by atoms with Gasteiger partial charge < -0.3 is 5.11 Å². The van der Waals surface area contributed by atoms with E-state index in [1.807, 2.05) is 0 Å². The highest BCUT2D eigenvalue weighted by Gasteiger charge is 2.35. The van der Waals surface area contributed by atoms with E-state index >= 15 is 0 Å². The SMILES string of the molecule is CCCC1CCC(C(=O)O)C(Sc2ncccc2Cl)C1. The second kappa shape index (κ2) is 7.32. The molecule has 1 aromatic rings. The highest BCUT2D eigenvalue weighted by molar-refractivity contribution is 8.00. The normalized spacial score (nSPS) is 26.4. The minimum absolute atomic E-state index is 0.0743. The monoisotopic (exact) mass is 313 g/mol. The van der Waals surface area contributed by atoms with E-state index in [1.165, 1.54) is 18.2 Å². The first-order valence-corrected chi connectivity index (χ1v) is 8.37. The van der Waals surface area contributed by atoms with Crippen molar-refractivity contribution in [3.05, 3.63) is 23.4 Å². The van der Waals surface area contributed by atoms with E-state index in [-0.39, 0.29) is 11.2 Å². The number of hydrogen-bond acceptors (Lipinski definition) is 3. The highest BCUT2D eigenvalue weighted by atomic mass is 35.5. The van der Waals surface area contributed by atoms with Gasteiger partial charge in [0, 0.05) is 11.4 Å². The van der Waals surface area contributed by atoms with Gasteiger partial charge in [0.15, 0.2) is 0 Å². The molecule has 0 amide bonds. The Morgan fingerprint density at radius 1 is 1.55 bits per heavy atom.